The third kappa shape index (κ3) is 4.30. The number of fused-ring (bicyclic) bond motifs is 1. The summed E-state index contributed by atoms with van der Waals surface area (Å²) in [6.07, 6.45) is -4.81. The summed E-state index contributed by atoms with van der Waals surface area (Å²) in [5.41, 5.74) is 0.985. The van der Waals surface area contributed by atoms with E-state index in [9.17, 15) is 21.6 Å². The number of nitrogens with one attached hydrogen (secondary N) is 1. The van der Waals surface area contributed by atoms with Gasteiger partial charge in [-0.3, -0.25) is 4.72 Å². The van der Waals surface area contributed by atoms with Crippen LogP contribution in [0, 0.1) is 0 Å². The van der Waals surface area contributed by atoms with Gasteiger partial charge >= 0.3 is 6.36 Å². The van der Waals surface area contributed by atoms with Gasteiger partial charge in [-0.2, -0.15) is 0 Å². The number of anilines is 2. The Bertz CT molecular complexity index is 1100. The minimum Gasteiger partial charge on any atom is -0.406 e. The minimum atomic E-state index is -4.81. The Morgan fingerprint density at radius 2 is 1.50 bits per heavy atom. The Hall–Kier alpha value is -2.94. The number of nitrogens with zero attached hydrogens (tertiary/aromatic N) is 1. The van der Waals surface area contributed by atoms with Crippen molar-refractivity contribution in [2.45, 2.75) is 11.3 Å². The molecule has 0 aliphatic heterocycles. The average molecular weight is 410 g/mol. The van der Waals surface area contributed by atoms with E-state index in [2.05, 4.69) is 9.46 Å². The molecule has 3 aromatic carbocycles. The first-order valence-electron chi connectivity index (χ1n) is 8.14. The molecule has 3 rings (SSSR count). The lowest BCUT2D eigenvalue weighted by atomic mass is 10.1. The molecule has 1 N–H and O–H groups in total. The lowest BCUT2D eigenvalue weighted by Crippen LogP contribution is -2.17. The molecule has 0 atom stereocenters. The zero-order valence-corrected chi connectivity index (χ0v) is 15.8. The van der Waals surface area contributed by atoms with Crippen LogP contribution in [0.15, 0.2) is 65.6 Å². The average Bonchev–Trinajstić information content (AvgIpc) is 2.60. The third-order valence-corrected chi connectivity index (χ3v) is 5.41. The Labute approximate surface area is 160 Å². The highest BCUT2D eigenvalue weighted by molar-refractivity contribution is 7.93. The second-order valence-corrected chi connectivity index (χ2v) is 7.85. The maximum absolute atomic E-state index is 12.9. The second-order valence-electron chi connectivity index (χ2n) is 6.20. The van der Waals surface area contributed by atoms with Crippen LogP contribution in [-0.2, 0) is 10.0 Å². The number of hydrogen-bond acceptors (Lipinski definition) is 4. The molecule has 3 aromatic rings. The Morgan fingerprint density at radius 3 is 2.11 bits per heavy atom. The minimum absolute atomic E-state index is 0.0734. The highest BCUT2D eigenvalue weighted by Crippen LogP contribution is 2.31. The summed E-state index contributed by atoms with van der Waals surface area (Å²) in [4.78, 5) is 1.95. The molecule has 0 saturated carbocycles. The van der Waals surface area contributed by atoms with Crippen molar-refractivity contribution in [3.63, 3.8) is 0 Å². The highest BCUT2D eigenvalue weighted by atomic mass is 32.2. The summed E-state index contributed by atoms with van der Waals surface area (Å²) in [5.74, 6) is -0.434. The predicted octanol–water partition coefficient (Wildman–Crippen LogP) is 4.61. The first-order chi connectivity index (χ1) is 13.1. The topological polar surface area (TPSA) is 58.6 Å². The van der Waals surface area contributed by atoms with Gasteiger partial charge in [0.25, 0.3) is 10.0 Å². The smallest absolute Gasteiger partial charge is 0.406 e. The van der Waals surface area contributed by atoms with Crippen molar-refractivity contribution < 1.29 is 26.3 Å². The summed E-state index contributed by atoms with van der Waals surface area (Å²) in [6, 6.07) is 14.8. The lowest BCUT2D eigenvalue weighted by molar-refractivity contribution is -0.274. The van der Waals surface area contributed by atoms with Crippen LogP contribution in [0.4, 0.5) is 24.5 Å². The number of halogens is 3. The number of hydrogen-bond donors (Lipinski definition) is 1. The van der Waals surface area contributed by atoms with Crippen molar-refractivity contribution in [3.05, 3.63) is 60.7 Å². The molecule has 0 heterocycles. The van der Waals surface area contributed by atoms with Crippen LogP contribution in [0.2, 0.25) is 0 Å². The van der Waals surface area contributed by atoms with Crippen molar-refractivity contribution in [1.82, 2.24) is 0 Å². The molecule has 0 aliphatic rings. The van der Waals surface area contributed by atoms with Gasteiger partial charge in [0.2, 0.25) is 0 Å². The largest absolute Gasteiger partial charge is 0.573 e. The van der Waals surface area contributed by atoms with Crippen LogP contribution >= 0.6 is 0 Å². The van der Waals surface area contributed by atoms with Crippen molar-refractivity contribution in [2.24, 2.45) is 0 Å². The number of alkyl halides is 3. The third-order valence-electron chi connectivity index (χ3n) is 3.97. The summed E-state index contributed by atoms with van der Waals surface area (Å²) in [6.45, 7) is 0. The standard InChI is InChI=1S/C19H17F3N2O3S/c1-24(2)17-7-3-6-16-15(17)5-4-8-18(16)28(25,26)23-13-9-11-14(12-10-13)27-19(20,21)22/h3-12,23H,1-2H3. The fourth-order valence-corrected chi connectivity index (χ4v) is 4.11. The maximum atomic E-state index is 12.9. The van der Waals surface area contributed by atoms with E-state index >= 15 is 0 Å². The molecule has 5 nitrogen and oxygen atoms in total. The summed E-state index contributed by atoms with van der Waals surface area (Å²) < 4.78 is 68.6. The van der Waals surface area contributed by atoms with Gasteiger partial charge in [0.1, 0.15) is 5.75 Å². The van der Waals surface area contributed by atoms with Crippen LogP contribution in [-0.4, -0.2) is 28.9 Å². The Morgan fingerprint density at radius 1 is 0.893 bits per heavy atom. The Balaban J connectivity index is 1.95. The monoisotopic (exact) mass is 410 g/mol. The molecule has 0 amide bonds. The van der Waals surface area contributed by atoms with E-state index < -0.39 is 22.1 Å². The summed E-state index contributed by atoms with van der Waals surface area (Å²) >= 11 is 0. The molecule has 9 heteroatoms. The van der Waals surface area contributed by atoms with Gasteiger partial charge in [0.05, 0.1) is 4.90 Å². The van der Waals surface area contributed by atoms with E-state index in [0.29, 0.717) is 5.39 Å². The lowest BCUT2D eigenvalue weighted by Gasteiger charge is -2.17. The molecule has 0 radical (unpaired) electrons. The van der Waals surface area contributed by atoms with Gasteiger partial charge in [0.15, 0.2) is 0 Å². The van der Waals surface area contributed by atoms with E-state index in [1.54, 1.807) is 18.2 Å². The molecule has 0 saturated heterocycles. The molecular formula is C19H17F3N2O3S. The van der Waals surface area contributed by atoms with Crippen LogP contribution in [0.5, 0.6) is 5.75 Å². The van der Waals surface area contributed by atoms with Crippen LogP contribution in [0.3, 0.4) is 0 Å². The molecule has 0 aliphatic carbocycles. The fourth-order valence-electron chi connectivity index (χ4n) is 2.82. The number of rotatable bonds is 5. The molecule has 0 bridgehead atoms. The quantitative estimate of drug-likeness (QED) is 0.668. The normalized spacial score (nSPS) is 12.0. The van der Waals surface area contributed by atoms with Gasteiger partial charge in [0, 0.05) is 36.2 Å². The van der Waals surface area contributed by atoms with E-state index in [-0.39, 0.29) is 10.6 Å². The van der Waals surface area contributed by atoms with Gasteiger partial charge in [-0.15, -0.1) is 13.2 Å². The van der Waals surface area contributed by atoms with Crippen molar-refractivity contribution >= 4 is 32.2 Å². The molecule has 0 spiro atoms. The van der Waals surface area contributed by atoms with Crippen LogP contribution in [0.25, 0.3) is 10.8 Å². The van der Waals surface area contributed by atoms with E-state index in [1.807, 2.05) is 31.1 Å². The number of sulfonamides is 1. The van der Waals surface area contributed by atoms with E-state index in [1.165, 1.54) is 18.2 Å². The number of ether oxygens (including phenoxy) is 1. The maximum Gasteiger partial charge on any atom is 0.573 e. The van der Waals surface area contributed by atoms with Gasteiger partial charge in [-0.1, -0.05) is 24.3 Å². The van der Waals surface area contributed by atoms with Gasteiger partial charge in [-0.05, 0) is 36.4 Å². The zero-order chi connectivity index (χ0) is 20.5. The van der Waals surface area contributed by atoms with Crippen molar-refractivity contribution in [2.75, 3.05) is 23.7 Å². The summed E-state index contributed by atoms with van der Waals surface area (Å²) in [7, 11) is -0.242. The van der Waals surface area contributed by atoms with Crippen LogP contribution < -0.4 is 14.4 Å². The second kappa shape index (κ2) is 7.23. The number of benzene rings is 3. The molecule has 0 unspecified atom stereocenters. The molecule has 148 valence electrons. The fraction of sp³-hybridized carbons (Fsp3) is 0.158. The first kappa shape index (κ1) is 19.8. The molecule has 0 fully saturated rings. The van der Waals surface area contributed by atoms with Gasteiger partial charge < -0.3 is 9.64 Å². The highest BCUT2D eigenvalue weighted by Gasteiger charge is 2.31. The van der Waals surface area contributed by atoms with Crippen LogP contribution in [0.1, 0.15) is 0 Å². The van der Waals surface area contributed by atoms with Crippen molar-refractivity contribution in [3.8, 4) is 5.75 Å². The first-order valence-corrected chi connectivity index (χ1v) is 9.63. The molecular weight excluding hydrogens is 393 g/mol. The predicted molar refractivity (Wildman–Crippen MR) is 102 cm³/mol. The Kier molecular flexibility index (Phi) is 5.12. The van der Waals surface area contributed by atoms with Crippen molar-refractivity contribution in [1.29, 1.82) is 0 Å². The summed E-state index contributed by atoms with van der Waals surface area (Å²) in [5, 5.41) is 1.31. The van der Waals surface area contributed by atoms with Gasteiger partial charge in [-0.25, -0.2) is 8.42 Å². The van der Waals surface area contributed by atoms with E-state index in [0.717, 1.165) is 23.2 Å². The zero-order valence-electron chi connectivity index (χ0n) is 15.0. The van der Waals surface area contributed by atoms with E-state index in [4.69, 9.17) is 0 Å². The molecule has 28 heavy (non-hydrogen) atoms. The SMILES string of the molecule is CN(C)c1cccc2c(S(=O)(=O)Nc3ccc(OC(F)(F)F)cc3)cccc12. The molecule has 0 aromatic heterocycles.